The average molecular weight is 412 g/mol. The molecule has 0 aliphatic heterocycles. The molecule has 0 aromatic rings. The number of rotatable bonds is 2. The lowest BCUT2D eigenvalue weighted by Gasteiger charge is -2.62. The number of hydrogen-bond donors (Lipinski definition) is 4. The van der Waals surface area contributed by atoms with Crippen LogP contribution in [0.1, 0.15) is 33.1 Å². The van der Waals surface area contributed by atoms with Crippen LogP contribution in [0.25, 0.3) is 0 Å². The Morgan fingerprint density at radius 1 is 1.21 bits per heavy atom. The summed E-state index contributed by atoms with van der Waals surface area (Å²) in [6.45, 7) is 1.91. The summed E-state index contributed by atoms with van der Waals surface area (Å²) in [6.07, 6.45) is -2.21. The van der Waals surface area contributed by atoms with Gasteiger partial charge >= 0.3 is 0 Å². The van der Waals surface area contributed by atoms with Crippen LogP contribution in [-0.4, -0.2) is 68.2 Å². The maximum absolute atomic E-state index is 16.8. The topological polar surface area (TPSA) is 115 Å². The second kappa shape index (κ2) is 6.03. The SMILES string of the molecule is C[C@]12C=CC(=O)C=C1[C@@H](F)CC1C3C[C@@H](O)[C@](O)(C(=O)CO)[C@@]3(C)C[C@H](O)[C@@]12F. The van der Waals surface area contributed by atoms with Crippen molar-refractivity contribution in [3.05, 3.63) is 23.8 Å². The molecule has 8 heteroatoms. The highest BCUT2D eigenvalue weighted by Crippen LogP contribution is 2.69. The van der Waals surface area contributed by atoms with Crippen LogP contribution in [0.15, 0.2) is 23.8 Å². The van der Waals surface area contributed by atoms with Crippen LogP contribution in [0.3, 0.4) is 0 Å². The molecule has 4 aliphatic carbocycles. The van der Waals surface area contributed by atoms with Crippen LogP contribution >= 0.6 is 0 Å². The third kappa shape index (κ3) is 2.18. The number of ketones is 2. The highest BCUT2D eigenvalue weighted by Gasteiger charge is 2.77. The van der Waals surface area contributed by atoms with Crippen molar-refractivity contribution >= 4 is 11.6 Å². The molecule has 29 heavy (non-hydrogen) atoms. The van der Waals surface area contributed by atoms with Gasteiger partial charge < -0.3 is 20.4 Å². The van der Waals surface area contributed by atoms with Crippen LogP contribution < -0.4 is 0 Å². The molecule has 0 bridgehead atoms. The fraction of sp³-hybridized carbons (Fsp3) is 0.714. The Morgan fingerprint density at radius 3 is 2.48 bits per heavy atom. The molecule has 4 rings (SSSR count). The third-order valence-electron chi connectivity index (χ3n) is 8.42. The molecule has 0 aromatic heterocycles. The molecule has 9 atom stereocenters. The standard InChI is InChI=1S/C21H26F2O6/c1-18-4-3-10(25)5-13(18)14(22)6-12-11-7-15(26)21(29,17(28)9-24)19(11,2)8-16(27)20(12,18)23/h3-5,11-12,14-16,24,26-27,29H,6-9H2,1-2H3/t11?,12?,14-,15+,16-,18-,19-,20-,21-/m0/s1. The number of alkyl halides is 2. The van der Waals surface area contributed by atoms with Gasteiger partial charge in [0, 0.05) is 16.7 Å². The van der Waals surface area contributed by atoms with Crippen molar-refractivity contribution in [1.82, 2.24) is 0 Å². The summed E-state index contributed by atoms with van der Waals surface area (Å²) >= 11 is 0. The van der Waals surface area contributed by atoms with Gasteiger partial charge in [-0.2, -0.15) is 0 Å². The van der Waals surface area contributed by atoms with E-state index in [0.29, 0.717) is 0 Å². The summed E-state index contributed by atoms with van der Waals surface area (Å²) in [5, 5.41) is 42.0. The molecule has 2 unspecified atom stereocenters. The normalized spacial score (nSPS) is 53.7. The number of Topliss-reactive ketones (excluding diaryl/α,β-unsaturated/α-hetero) is 1. The largest absolute Gasteiger partial charge is 0.390 e. The molecule has 160 valence electrons. The van der Waals surface area contributed by atoms with E-state index in [9.17, 15) is 30.0 Å². The zero-order valence-corrected chi connectivity index (χ0v) is 16.3. The lowest BCUT2D eigenvalue weighted by atomic mass is 9.44. The maximum Gasteiger partial charge on any atom is 0.192 e. The zero-order chi connectivity index (χ0) is 21.6. The fourth-order valence-electron chi connectivity index (χ4n) is 6.84. The molecule has 0 saturated heterocycles. The highest BCUT2D eigenvalue weighted by atomic mass is 19.1. The Bertz CT molecular complexity index is 841. The van der Waals surface area contributed by atoms with Gasteiger partial charge in [0.25, 0.3) is 0 Å². The molecule has 4 N–H and O–H groups in total. The monoisotopic (exact) mass is 412 g/mol. The smallest absolute Gasteiger partial charge is 0.192 e. The molecular formula is C21H26F2O6. The Hall–Kier alpha value is -1.48. The van der Waals surface area contributed by atoms with E-state index in [0.717, 1.165) is 12.2 Å². The number of hydrogen-bond acceptors (Lipinski definition) is 6. The van der Waals surface area contributed by atoms with Gasteiger partial charge in [-0.25, -0.2) is 8.78 Å². The van der Waals surface area contributed by atoms with E-state index in [1.54, 1.807) is 0 Å². The van der Waals surface area contributed by atoms with Crippen LogP contribution in [0.4, 0.5) is 8.78 Å². The molecule has 4 aliphatic rings. The molecule has 3 saturated carbocycles. The number of carbonyl (C=O) groups is 2. The summed E-state index contributed by atoms with van der Waals surface area (Å²) in [6, 6.07) is 0. The maximum atomic E-state index is 16.8. The quantitative estimate of drug-likeness (QED) is 0.527. The van der Waals surface area contributed by atoms with Gasteiger partial charge in [-0.1, -0.05) is 13.0 Å². The van der Waals surface area contributed by atoms with Gasteiger partial charge in [-0.3, -0.25) is 9.59 Å². The first kappa shape index (κ1) is 20.8. The van der Waals surface area contributed by atoms with Crippen LogP contribution in [0, 0.1) is 22.7 Å². The Balaban J connectivity index is 1.87. The van der Waals surface area contributed by atoms with E-state index in [-0.39, 0.29) is 24.8 Å². The molecule has 0 heterocycles. The van der Waals surface area contributed by atoms with Crippen LogP contribution in [-0.2, 0) is 9.59 Å². The molecule has 0 amide bonds. The van der Waals surface area contributed by atoms with E-state index in [1.165, 1.54) is 19.9 Å². The predicted octanol–water partition coefficient (Wildman–Crippen LogP) is 0.569. The molecular weight excluding hydrogens is 386 g/mol. The fourth-order valence-corrected chi connectivity index (χ4v) is 6.84. The van der Waals surface area contributed by atoms with Gasteiger partial charge in [0.15, 0.2) is 22.8 Å². The number of fused-ring (bicyclic) bond motifs is 5. The zero-order valence-electron chi connectivity index (χ0n) is 16.3. The van der Waals surface area contributed by atoms with Gasteiger partial charge in [0.1, 0.15) is 12.8 Å². The van der Waals surface area contributed by atoms with Crippen LogP contribution in [0.5, 0.6) is 0 Å². The molecule has 3 fully saturated rings. The first-order valence-corrected chi connectivity index (χ1v) is 9.88. The van der Waals surface area contributed by atoms with E-state index in [2.05, 4.69) is 0 Å². The lowest BCUT2D eigenvalue weighted by Crippen LogP contribution is -2.70. The van der Waals surface area contributed by atoms with Crippen molar-refractivity contribution in [2.45, 2.75) is 62.8 Å². The first-order chi connectivity index (χ1) is 13.4. The number of aliphatic hydroxyl groups is 4. The van der Waals surface area contributed by atoms with Gasteiger partial charge in [-0.15, -0.1) is 0 Å². The Kier molecular flexibility index (Phi) is 4.32. The van der Waals surface area contributed by atoms with Crippen LogP contribution in [0.2, 0.25) is 0 Å². The van der Waals surface area contributed by atoms with Crippen molar-refractivity contribution in [3.8, 4) is 0 Å². The third-order valence-corrected chi connectivity index (χ3v) is 8.42. The Labute approximate surface area is 166 Å². The Morgan fingerprint density at radius 2 is 1.86 bits per heavy atom. The van der Waals surface area contributed by atoms with Gasteiger partial charge in [-0.05, 0) is 49.8 Å². The van der Waals surface area contributed by atoms with Crippen molar-refractivity contribution in [2.75, 3.05) is 6.61 Å². The van der Waals surface area contributed by atoms with E-state index >= 15 is 8.78 Å². The minimum Gasteiger partial charge on any atom is -0.390 e. The first-order valence-electron chi connectivity index (χ1n) is 9.88. The summed E-state index contributed by atoms with van der Waals surface area (Å²) < 4.78 is 32.0. The van der Waals surface area contributed by atoms with Crippen molar-refractivity contribution in [1.29, 1.82) is 0 Å². The van der Waals surface area contributed by atoms with Gasteiger partial charge in [0.2, 0.25) is 0 Å². The minimum atomic E-state index is -2.37. The summed E-state index contributed by atoms with van der Waals surface area (Å²) in [7, 11) is 0. The summed E-state index contributed by atoms with van der Waals surface area (Å²) in [5.41, 5.74) is -7.76. The van der Waals surface area contributed by atoms with Crippen molar-refractivity contribution < 1.29 is 38.8 Å². The number of carbonyl (C=O) groups excluding carboxylic acids is 2. The molecule has 0 spiro atoms. The number of halogens is 2. The molecule has 0 aromatic carbocycles. The highest BCUT2D eigenvalue weighted by molar-refractivity contribution is 6.01. The number of allylic oxidation sites excluding steroid dienone is 4. The minimum absolute atomic E-state index is 0.0216. The predicted molar refractivity (Wildman–Crippen MR) is 97.1 cm³/mol. The average Bonchev–Trinajstić information content (AvgIpc) is 2.86. The number of aliphatic hydroxyl groups excluding tert-OH is 3. The van der Waals surface area contributed by atoms with Crippen molar-refractivity contribution in [2.24, 2.45) is 22.7 Å². The van der Waals surface area contributed by atoms with E-state index in [4.69, 9.17) is 0 Å². The molecule has 0 radical (unpaired) electrons. The van der Waals surface area contributed by atoms with E-state index in [1.807, 2.05) is 0 Å². The van der Waals surface area contributed by atoms with Gasteiger partial charge in [0.05, 0.1) is 12.2 Å². The second-order valence-electron chi connectivity index (χ2n) is 9.46. The second-order valence-corrected chi connectivity index (χ2v) is 9.46. The summed E-state index contributed by atoms with van der Waals surface area (Å²) in [5.74, 6) is -3.37. The van der Waals surface area contributed by atoms with Crippen molar-refractivity contribution in [3.63, 3.8) is 0 Å². The lowest BCUT2D eigenvalue weighted by molar-refractivity contribution is -0.226. The summed E-state index contributed by atoms with van der Waals surface area (Å²) in [4.78, 5) is 24.2. The molecule has 6 nitrogen and oxygen atoms in total. The van der Waals surface area contributed by atoms with E-state index < -0.39 is 70.5 Å².